The molecule has 0 aliphatic heterocycles. The topological polar surface area (TPSA) is 125 Å². The fourth-order valence-corrected chi connectivity index (χ4v) is 3.88. The van der Waals surface area contributed by atoms with Gasteiger partial charge < -0.3 is 5.32 Å². The molecule has 0 radical (unpaired) electrons. The number of aromatic nitrogens is 4. The first-order chi connectivity index (χ1) is 15.0. The van der Waals surface area contributed by atoms with Gasteiger partial charge in [0.05, 0.1) is 30.6 Å². The number of hydrogen-bond acceptors (Lipinski definition) is 7. The average molecular weight is 438 g/mol. The van der Waals surface area contributed by atoms with Crippen LogP contribution in [0.25, 0.3) is 11.0 Å². The SMILES string of the molecule is O=C(Cc1cccs1)NCCn1ncc2c(=O)n(Cc3cccc([N+](=O)[O-])c3)cnc21. The molecule has 0 aliphatic carbocycles. The summed E-state index contributed by atoms with van der Waals surface area (Å²) >= 11 is 1.53. The molecule has 1 amide bonds. The molecule has 0 saturated heterocycles. The van der Waals surface area contributed by atoms with Gasteiger partial charge in [-0.05, 0) is 17.0 Å². The van der Waals surface area contributed by atoms with Crippen molar-refractivity contribution in [2.24, 2.45) is 0 Å². The van der Waals surface area contributed by atoms with Crippen LogP contribution in [-0.4, -0.2) is 36.7 Å². The molecule has 31 heavy (non-hydrogen) atoms. The number of rotatable bonds is 8. The van der Waals surface area contributed by atoms with Crippen LogP contribution in [0.15, 0.2) is 59.1 Å². The van der Waals surface area contributed by atoms with Crippen LogP contribution in [0.4, 0.5) is 5.69 Å². The lowest BCUT2D eigenvalue weighted by molar-refractivity contribution is -0.384. The van der Waals surface area contributed by atoms with Gasteiger partial charge in [-0.2, -0.15) is 5.10 Å². The molecule has 0 spiro atoms. The summed E-state index contributed by atoms with van der Waals surface area (Å²) < 4.78 is 2.95. The molecule has 0 fully saturated rings. The quantitative estimate of drug-likeness (QED) is 0.331. The van der Waals surface area contributed by atoms with Gasteiger partial charge >= 0.3 is 0 Å². The van der Waals surface area contributed by atoms with E-state index in [4.69, 9.17) is 0 Å². The lowest BCUT2D eigenvalue weighted by atomic mass is 10.2. The van der Waals surface area contributed by atoms with Crippen molar-refractivity contribution in [1.82, 2.24) is 24.6 Å². The first-order valence-electron chi connectivity index (χ1n) is 9.44. The number of nitro benzene ring substituents is 1. The van der Waals surface area contributed by atoms with E-state index in [0.717, 1.165) is 4.88 Å². The molecule has 10 nitrogen and oxygen atoms in total. The van der Waals surface area contributed by atoms with Crippen molar-refractivity contribution in [3.8, 4) is 0 Å². The number of nitro groups is 1. The summed E-state index contributed by atoms with van der Waals surface area (Å²) in [6.07, 6.45) is 3.18. The largest absolute Gasteiger partial charge is 0.354 e. The molecule has 0 saturated carbocycles. The van der Waals surface area contributed by atoms with Crippen LogP contribution in [0.5, 0.6) is 0 Å². The van der Waals surface area contributed by atoms with Crippen LogP contribution in [0.1, 0.15) is 10.4 Å². The van der Waals surface area contributed by atoms with Gasteiger partial charge in [0.25, 0.3) is 11.2 Å². The Morgan fingerprint density at radius 3 is 2.90 bits per heavy atom. The minimum Gasteiger partial charge on any atom is -0.354 e. The van der Waals surface area contributed by atoms with Gasteiger partial charge in [0, 0.05) is 23.6 Å². The van der Waals surface area contributed by atoms with Crippen molar-refractivity contribution < 1.29 is 9.72 Å². The Labute approximate surface area is 179 Å². The number of carbonyl (C=O) groups is 1. The summed E-state index contributed by atoms with van der Waals surface area (Å²) in [6.45, 7) is 0.897. The molecule has 1 N–H and O–H groups in total. The van der Waals surface area contributed by atoms with Crippen molar-refractivity contribution >= 4 is 34.0 Å². The molecular formula is C20H18N6O4S. The number of non-ortho nitro benzene ring substituents is 1. The first-order valence-corrected chi connectivity index (χ1v) is 10.3. The van der Waals surface area contributed by atoms with Crippen LogP contribution in [0, 0.1) is 10.1 Å². The van der Waals surface area contributed by atoms with Crippen molar-refractivity contribution in [2.75, 3.05) is 6.54 Å². The number of carbonyl (C=O) groups excluding carboxylic acids is 1. The second-order valence-corrected chi connectivity index (χ2v) is 7.85. The van der Waals surface area contributed by atoms with Crippen LogP contribution in [0.3, 0.4) is 0 Å². The highest BCUT2D eigenvalue weighted by Gasteiger charge is 2.12. The second-order valence-electron chi connectivity index (χ2n) is 6.82. The zero-order chi connectivity index (χ0) is 21.8. The Balaban J connectivity index is 1.44. The fourth-order valence-electron chi connectivity index (χ4n) is 3.17. The van der Waals surface area contributed by atoms with Crippen molar-refractivity contribution in [1.29, 1.82) is 0 Å². The van der Waals surface area contributed by atoms with E-state index < -0.39 is 4.92 Å². The van der Waals surface area contributed by atoms with Crippen molar-refractivity contribution in [2.45, 2.75) is 19.5 Å². The highest BCUT2D eigenvalue weighted by atomic mass is 32.1. The van der Waals surface area contributed by atoms with E-state index in [1.165, 1.54) is 40.6 Å². The monoisotopic (exact) mass is 438 g/mol. The minimum atomic E-state index is -0.475. The maximum atomic E-state index is 12.8. The van der Waals surface area contributed by atoms with Gasteiger partial charge in [-0.25, -0.2) is 9.67 Å². The zero-order valence-corrected chi connectivity index (χ0v) is 17.1. The van der Waals surface area contributed by atoms with Gasteiger partial charge in [-0.15, -0.1) is 11.3 Å². The van der Waals surface area contributed by atoms with E-state index >= 15 is 0 Å². The second kappa shape index (κ2) is 8.88. The van der Waals surface area contributed by atoms with Gasteiger partial charge in [0.1, 0.15) is 11.7 Å². The van der Waals surface area contributed by atoms with Crippen LogP contribution in [0.2, 0.25) is 0 Å². The number of amides is 1. The summed E-state index contributed by atoms with van der Waals surface area (Å²) in [5, 5.41) is 20.3. The molecule has 0 aliphatic rings. The molecule has 1 aromatic carbocycles. The minimum absolute atomic E-state index is 0.0338. The van der Waals surface area contributed by atoms with Gasteiger partial charge in [0.15, 0.2) is 5.65 Å². The highest BCUT2D eigenvalue weighted by molar-refractivity contribution is 7.10. The van der Waals surface area contributed by atoms with Crippen LogP contribution >= 0.6 is 11.3 Å². The standard InChI is InChI=1S/C20H18N6O4S/c27-18(10-16-5-2-8-31-16)21-6-7-25-19-17(11-23-25)20(28)24(13-22-19)12-14-3-1-4-15(9-14)26(29)30/h1-5,8-9,11,13H,6-7,10,12H2,(H,21,27). The maximum absolute atomic E-state index is 12.8. The predicted molar refractivity (Wildman–Crippen MR) is 115 cm³/mol. The Bertz CT molecular complexity index is 1290. The van der Waals surface area contributed by atoms with Gasteiger partial charge in [0.2, 0.25) is 5.91 Å². The first kappa shape index (κ1) is 20.4. The van der Waals surface area contributed by atoms with E-state index in [-0.39, 0.29) is 23.7 Å². The summed E-state index contributed by atoms with van der Waals surface area (Å²) in [5.74, 6) is -0.0776. The van der Waals surface area contributed by atoms with Gasteiger partial charge in [-0.1, -0.05) is 18.2 Å². The molecule has 0 atom stereocenters. The Hall–Kier alpha value is -3.86. The van der Waals surface area contributed by atoms with Crippen LogP contribution in [-0.2, 0) is 24.3 Å². The average Bonchev–Trinajstić information content (AvgIpc) is 3.41. The molecule has 158 valence electrons. The summed E-state index contributed by atoms with van der Waals surface area (Å²) in [6, 6.07) is 9.94. The normalized spacial score (nSPS) is 11.0. The summed E-state index contributed by atoms with van der Waals surface area (Å²) in [5.41, 5.74) is 0.726. The van der Waals surface area contributed by atoms with Crippen molar-refractivity contribution in [3.63, 3.8) is 0 Å². The molecule has 3 heterocycles. The lowest BCUT2D eigenvalue weighted by Crippen LogP contribution is -2.28. The smallest absolute Gasteiger partial charge is 0.269 e. The molecule has 4 aromatic rings. The molecule has 0 bridgehead atoms. The third-order valence-electron chi connectivity index (χ3n) is 4.66. The number of thiophene rings is 1. The van der Waals surface area contributed by atoms with E-state index in [1.807, 2.05) is 17.5 Å². The number of hydrogen-bond donors (Lipinski definition) is 1. The Morgan fingerprint density at radius 1 is 1.26 bits per heavy atom. The number of nitrogens with zero attached hydrogens (tertiary/aromatic N) is 5. The zero-order valence-electron chi connectivity index (χ0n) is 16.3. The number of fused-ring (bicyclic) bond motifs is 1. The molecule has 4 rings (SSSR count). The predicted octanol–water partition coefficient (Wildman–Crippen LogP) is 1.97. The van der Waals surface area contributed by atoms with Crippen molar-refractivity contribution in [3.05, 3.63) is 85.2 Å². The highest BCUT2D eigenvalue weighted by Crippen LogP contribution is 2.14. The van der Waals surface area contributed by atoms with Gasteiger partial charge in [-0.3, -0.25) is 24.3 Å². The molecular weight excluding hydrogens is 420 g/mol. The van der Waals surface area contributed by atoms with E-state index in [2.05, 4.69) is 15.4 Å². The molecule has 11 heteroatoms. The Kier molecular flexibility index (Phi) is 5.85. The third-order valence-corrected chi connectivity index (χ3v) is 5.53. The lowest BCUT2D eigenvalue weighted by Gasteiger charge is -2.07. The third kappa shape index (κ3) is 4.67. The molecule has 3 aromatic heterocycles. The fraction of sp³-hybridized carbons (Fsp3) is 0.200. The number of benzene rings is 1. The number of nitrogens with one attached hydrogen (secondary N) is 1. The van der Waals surface area contributed by atoms with E-state index in [0.29, 0.717) is 36.1 Å². The maximum Gasteiger partial charge on any atom is 0.269 e. The Morgan fingerprint density at radius 2 is 2.13 bits per heavy atom. The summed E-state index contributed by atoms with van der Waals surface area (Å²) in [4.78, 5) is 40.6. The summed E-state index contributed by atoms with van der Waals surface area (Å²) in [7, 11) is 0. The molecule has 0 unspecified atom stereocenters. The van der Waals surface area contributed by atoms with E-state index in [9.17, 15) is 19.7 Å². The van der Waals surface area contributed by atoms with Crippen LogP contribution < -0.4 is 10.9 Å². The van der Waals surface area contributed by atoms with E-state index in [1.54, 1.807) is 16.8 Å².